The number of nitrogens with zero attached hydrogens (tertiary/aromatic N) is 3. The Bertz CT molecular complexity index is 908. The molecular weight excluding hydrogens is 368 g/mol. The fraction of sp³-hybridized carbons (Fsp3) is 0.278. The monoisotopic (exact) mass is 388 g/mol. The average Bonchev–Trinajstić information content (AvgIpc) is 2.70. The van der Waals surface area contributed by atoms with Crippen LogP contribution in [0, 0.1) is 0 Å². The second kappa shape index (κ2) is 9.61. The fourth-order valence-corrected chi connectivity index (χ4v) is 3.22. The zero-order valence-corrected chi connectivity index (χ0v) is 15.6. The molecule has 1 atom stereocenters. The second-order valence-corrected chi connectivity index (χ2v) is 7.92. The van der Waals surface area contributed by atoms with Gasteiger partial charge in [-0.2, -0.15) is 0 Å². The molecule has 142 valence electrons. The molecule has 2 aromatic carbocycles. The number of hydrogen-bond donors (Lipinski definition) is 1. The summed E-state index contributed by atoms with van der Waals surface area (Å²) in [7, 11) is -3.31. The van der Waals surface area contributed by atoms with Gasteiger partial charge in [-0.05, 0) is 28.8 Å². The first kappa shape index (κ1) is 20.3. The van der Waals surface area contributed by atoms with E-state index in [1.165, 1.54) is 12.1 Å². The lowest BCUT2D eigenvalue weighted by molar-refractivity contribution is 0.136. The number of azide groups is 1. The van der Waals surface area contributed by atoms with Crippen LogP contribution in [-0.4, -0.2) is 26.8 Å². The lowest BCUT2D eigenvalue weighted by atomic mass is 10.1. The SMILES string of the molecule is CCS(=O)(=O)c1ccc([C@H](CN=[N+]=[N-])NC(=O)OCc2ccccc2)cc1. The van der Waals surface area contributed by atoms with Crippen molar-refractivity contribution >= 4 is 15.9 Å². The molecule has 0 spiro atoms. The predicted molar refractivity (Wildman–Crippen MR) is 101 cm³/mol. The number of sulfone groups is 1. The van der Waals surface area contributed by atoms with Gasteiger partial charge in [0.15, 0.2) is 9.84 Å². The Balaban J connectivity index is 2.08. The third kappa shape index (κ3) is 6.02. The minimum Gasteiger partial charge on any atom is -0.445 e. The van der Waals surface area contributed by atoms with Gasteiger partial charge < -0.3 is 10.1 Å². The molecular formula is C18H20N4O4S. The number of alkyl carbamates (subject to hydrolysis) is 1. The summed E-state index contributed by atoms with van der Waals surface area (Å²) in [5, 5.41) is 6.13. The highest BCUT2D eigenvalue weighted by Crippen LogP contribution is 2.18. The van der Waals surface area contributed by atoms with E-state index in [1.54, 1.807) is 19.1 Å². The van der Waals surface area contributed by atoms with Crippen LogP contribution in [0.1, 0.15) is 24.1 Å². The van der Waals surface area contributed by atoms with Crippen molar-refractivity contribution in [3.05, 3.63) is 76.2 Å². The lowest BCUT2D eigenvalue weighted by Gasteiger charge is -2.17. The fourth-order valence-electron chi connectivity index (χ4n) is 2.33. The molecule has 0 aliphatic carbocycles. The largest absolute Gasteiger partial charge is 0.445 e. The summed E-state index contributed by atoms with van der Waals surface area (Å²) in [6.45, 7) is 1.64. The second-order valence-electron chi connectivity index (χ2n) is 5.64. The van der Waals surface area contributed by atoms with Crippen LogP contribution >= 0.6 is 0 Å². The van der Waals surface area contributed by atoms with E-state index < -0.39 is 22.0 Å². The minimum atomic E-state index is -3.31. The van der Waals surface area contributed by atoms with Crippen LogP contribution in [0.25, 0.3) is 10.4 Å². The van der Waals surface area contributed by atoms with Crippen molar-refractivity contribution in [1.29, 1.82) is 0 Å². The van der Waals surface area contributed by atoms with Gasteiger partial charge in [0.05, 0.1) is 23.2 Å². The number of amides is 1. The van der Waals surface area contributed by atoms with Crippen molar-refractivity contribution in [2.45, 2.75) is 24.5 Å². The molecule has 0 saturated heterocycles. The average molecular weight is 388 g/mol. The number of carbonyl (C=O) groups excluding carboxylic acids is 1. The van der Waals surface area contributed by atoms with Crippen LogP contribution in [0.3, 0.4) is 0 Å². The molecule has 0 heterocycles. The summed E-state index contributed by atoms with van der Waals surface area (Å²) in [6, 6.07) is 14.7. The van der Waals surface area contributed by atoms with Crippen LogP contribution in [-0.2, 0) is 21.2 Å². The van der Waals surface area contributed by atoms with Gasteiger partial charge in [-0.15, -0.1) is 0 Å². The van der Waals surface area contributed by atoms with Gasteiger partial charge in [0.1, 0.15) is 6.61 Å². The first-order chi connectivity index (χ1) is 13.0. The van der Waals surface area contributed by atoms with Gasteiger partial charge in [-0.1, -0.05) is 54.5 Å². The highest BCUT2D eigenvalue weighted by Gasteiger charge is 2.17. The Morgan fingerprint density at radius 3 is 2.44 bits per heavy atom. The van der Waals surface area contributed by atoms with Crippen LogP contribution in [0.4, 0.5) is 4.79 Å². The predicted octanol–water partition coefficient (Wildman–Crippen LogP) is 3.76. The van der Waals surface area contributed by atoms with Crippen LogP contribution in [0.2, 0.25) is 0 Å². The molecule has 2 rings (SSSR count). The maximum absolute atomic E-state index is 12.1. The van der Waals surface area contributed by atoms with E-state index in [9.17, 15) is 13.2 Å². The number of nitrogens with one attached hydrogen (secondary N) is 1. The molecule has 0 fully saturated rings. The molecule has 2 aromatic rings. The summed E-state index contributed by atoms with van der Waals surface area (Å²) in [5.74, 6) is -0.00143. The van der Waals surface area contributed by atoms with Crippen LogP contribution in [0.5, 0.6) is 0 Å². The Labute approximate surface area is 157 Å². The van der Waals surface area contributed by atoms with E-state index in [0.717, 1.165) is 5.56 Å². The molecule has 1 N–H and O–H groups in total. The number of rotatable bonds is 8. The minimum absolute atomic E-state index is 0.00143. The van der Waals surface area contributed by atoms with Crippen molar-refractivity contribution in [2.24, 2.45) is 5.11 Å². The smallest absolute Gasteiger partial charge is 0.407 e. The maximum atomic E-state index is 12.1. The number of carbonyl (C=O) groups is 1. The summed E-state index contributed by atoms with van der Waals surface area (Å²) in [5.41, 5.74) is 10.0. The summed E-state index contributed by atoms with van der Waals surface area (Å²) in [6.07, 6.45) is -0.665. The van der Waals surface area contributed by atoms with E-state index in [4.69, 9.17) is 10.3 Å². The quantitative estimate of drug-likeness (QED) is 0.420. The standard InChI is InChI=1S/C18H20N4O4S/c1-2-27(24,25)16-10-8-15(9-11-16)17(12-20-22-19)21-18(23)26-13-14-6-4-3-5-7-14/h3-11,17H,2,12-13H2,1H3,(H,21,23)/t17-/m0/s1. The van der Waals surface area contributed by atoms with Gasteiger partial charge in [-0.3, -0.25) is 0 Å². The molecule has 8 nitrogen and oxygen atoms in total. The third-order valence-electron chi connectivity index (χ3n) is 3.85. The molecule has 1 amide bonds. The summed E-state index contributed by atoms with van der Waals surface area (Å²) < 4.78 is 29.0. The van der Waals surface area contributed by atoms with E-state index in [1.807, 2.05) is 30.3 Å². The van der Waals surface area contributed by atoms with Crippen LogP contribution < -0.4 is 5.32 Å². The Morgan fingerprint density at radius 2 is 1.85 bits per heavy atom. The molecule has 0 bridgehead atoms. The van der Waals surface area contributed by atoms with Gasteiger partial charge in [0.2, 0.25) is 0 Å². The van der Waals surface area contributed by atoms with Crippen molar-refractivity contribution < 1.29 is 17.9 Å². The Morgan fingerprint density at radius 1 is 1.19 bits per heavy atom. The normalized spacial score (nSPS) is 11.9. The molecule has 27 heavy (non-hydrogen) atoms. The van der Waals surface area contributed by atoms with Crippen LogP contribution in [0.15, 0.2) is 64.6 Å². The first-order valence-electron chi connectivity index (χ1n) is 8.27. The summed E-state index contributed by atoms with van der Waals surface area (Å²) >= 11 is 0. The zero-order valence-electron chi connectivity index (χ0n) is 14.8. The topological polar surface area (TPSA) is 121 Å². The number of ether oxygens (including phenoxy) is 1. The van der Waals surface area contributed by atoms with E-state index in [0.29, 0.717) is 5.56 Å². The molecule has 0 radical (unpaired) electrons. The number of benzene rings is 2. The van der Waals surface area contributed by atoms with E-state index in [2.05, 4.69) is 15.3 Å². The van der Waals surface area contributed by atoms with Crippen molar-refractivity contribution in [3.8, 4) is 0 Å². The van der Waals surface area contributed by atoms with Crippen molar-refractivity contribution in [1.82, 2.24) is 5.32 Å². The first-order valence-corrected chi connectivity index (χ1v) is 9.92. The van der Waals surface area contributed by atoms with Crippen molar-refractivity contribution in [3.63, 3.8) is 0 Å². The number of hydrogen-bond acceptors (Lipinski definition) is 5. The highest BCUT2D eigenvalue weighted by atomic mass is 32.2. The van der Waals surface area contributed by atoms with Gasteiger partial charge >= 0.3 is 6.09 Å². The summed E-state index contributed by atoms with van der Waals surface area (Å²) in [4.78, 5) is 15.0. The highest BCUT2D eigenvalue weighted by molar-refractivity contribution is 7.91. The lowest BCUT2D eigenvalue weighted by Crippen LogP contribution is -2.30. The van der Waals surface area contributed by atoms with Gasteiger partial charge in [-0.25, -0.2) is 13.2 Å². The Kier molecular flexibility index (Phi) is 7.22. The molecule has 0 aliphatic heterocycles. The van der Waals surface area contributed by atoms with Gasteiger partial charge in [0, 0.05) is 4.91 Å². The Hall–Kier alpha value is -3.03. The molecule has 0 aromatic heterocycles. The molecule has 0 aliphatic rings. The zero-order chi connectivity index (χ0) is 19.7. The maximum Gasteiger partial charge on any atom is 0.407 e. The van der Waals surface area contributed by atoms with E-state index >= 15 is 0 Å². The molecule has 9 heteroatoms. The van der Waals surface area contributed by atoms with Gasteiger partial charge in [0.25, 0.3) is 0 Å². The molecule has 0 unspecified atom stereocenters. The van der Waals surface area contributed by atoms with E-state index in [-0.39, 0.29) is 23.8 Å². The third-order valence-corrected chi connectivity index (χ3v) is 5.60. The van der Waals surface area contributed by atoms with Crippen molar-refractivity contribution in [2.75, 3.05) is 12.3 Å². The molecule has 0 saturated carbocycles.